The molecule has 0 bridgehead atoms. The molecular weight excluding hydrogens is 201 g/mol. The number of carboxylic acids is 1. The average molecular weight is 211 g/mol. The lowest BCUT2D eigenvalue weighted by Crippen LogP contribution is -2.11. The van der Waals surface area contributed by atoms with Crippen molar-refractivity contribution >= 4 is 17.6 Å². The lowest BCUT2D eigenvalue weighted by molar-refractivity contribution is -0.115. The van der Waals surface area contributed by atoms with Gasteiger partial charge in [0.1, 0.15) is 5.82 Å². The predicted octanol–water partition coefficient (Wildman–Crippen LogP) is 1.87. The van der Waals surface area contributed by atoms with Crippen molar-refractivity contribution in [2.24, 2.45) is 0 Å². The molecule has 0 saturated heterocycles. The van der Waals surface area contributed by atoms with Crippen molar-refractivity contribution in [2.75, 3.05) is 5.32 Å². The highest BCUT2D eigenvalue weighted by Gasteiger charge is 2.09. The van der Waals surface area contributed by atoms with Crippen LogP contribution in [0.25, 0.3) is 0 Å². The molecule has 1 aromatic carbocycles. The quantitative estimate of drug-likeness (QED) is 0.802. The molecule has 0 radical (unpaired) electrons. The number of anilines is 1. The van der Waals surface area contributed by atoms with Crippen molar-refractivity contribution in [3.05, 3.63) is 29.6 Å². The van der Waals surface area contributed by atoms with Crippen LogP contribution in [0.3, 0.4) is 0 Å². The summed E-state index contributed by atoms with van der Waals surface area (Å²) in [5, 5.41) is 10.9. The van der Waals surface area contributed by atoms with Crippen LogP contribution >= 0.6 is 0 Å². The van der Waals surface area contributed by atoms with Gasteiger partial charge in [-0.2, -0.15) is 0 Å². The van der Waals surface area contributed by atoms with Crippen LogP contribution in [0.4, 0.5) is 10.1 Å². The standard InChI is InChI=1S/C10H10FNO3/c1-2-9(13)12-8-4-3-6(10(14)15)5-7(8)11/h3-5H,2H2,1H3,(H,12,13)(H,14,15). The van der Waals surface area contributed by atoms with E-state index in [1.165, 1.54) is 12.1 Å². The number of nitrogens with one attached hydrogen (secondary N) is 1. The Morgan fingerprint density at radius 3 is 2.60 bits per heavy atom. The third-order valence-electron chi connectivity index (χ3n) is 1.81. The van der Waals surface area contributed by atoms with Crippen LogP contribution in [0.5, 0.6) is 0 Å². The number of hydrogen-bond acceptors (Lipinski definition) is 2. The summed E-state index contributed by atoms with van der Waals surface area (Å²) in [6.45, 7) is 1.64. The van der Waals surface area contributed by atoms with Gasteiger partial charge in [0, 0.05) is 6.42 Å². The van der Waals surface area contributed by atoms with Crippen LogP contribution in [0, 0.1) is 5.82 Å². The number of carbonyl (C=O) groups excluding carboxylic acids is 1. The minimum absolute atomic E-state index is 0.00755. The molecule has 1 amide bonds. The van der Waals surface area contributed by atoms with Crippen molar-refractivity contribution in [1.29, 1.82) is 0 Å². The maximum atomic E-state index is 13.2. The molecule has 5 heteroatoms. The maximum Gasteiger partial charge on any atom is 0.335 e. The zero-order valence-electron chi connectivity index (χ0n) is 8.08. The van der Waals surface area contributed by atoms with Crippen LogP contribution in [-0.4, -0.2) is 17.0 Å². The van der Waals surface area contributed by atoms with Crippen molar-refractivity contribution in [1.82, 2.24) is 0 Å². The molecule has 80 valence electrons. The zero-order valence-corrected chi connectivity index (χ0v) is 8.08. The number of hydrogen-bond donors (Lipinski definition) is 2. The van der Waals surface area contributed by atoms with Gasteiger partial charge in [-0.3, -0.25) is 4.79 Å². The fourth-order valence-corrected chi connectivity index (χ4v) is 0.988. The third kappa shape index (κ3) is 2.77. The van der Waals surface area contributed by atoms with Gasteiger partial charge in [-0.25, -0.2) is 9.18 Å². The van der Waals surface area contributed by atoms with Crippen LogP contribution in [-0.2, 0) is 4.79 Å². The molecule has 0 spiro atoms. The summed E-state index contributed by atoms with van der Waals surface area (Å²) in [6.07, 6.45) is 0.236. The Labute approximate surface area is 85.7 Å². The summed E-state index contributed by atoms with van der Waals surface area (Å²) < 4.78 is 13.2. The summed E-state index contributed by atoms with van der Waals surface area (Å²) in [5.41, 5.74) is -0.158. The minimum Gasteiger partial charge on any atom is -0.478 e. The SMILES string of the molecule is CCC(=O)Nc1ccc(C(=O)O)cc1F. The Morgan fingerprint density at radius 1 is 1.47 bits per heavy atom. The molecule has 15 heavy (non-hydrogen) atoms. The summed E-state index contributed by atoms with van der Waals surface area (Å²) in [4.78, 5) is 21.4. The van der Waals surface area contributed by atoms with E-state index in [1.807, 2.05) is 0 Å². The molecule has 0 aromatic heterocycles. The van der Waals surface area contributed by atoms with Gasteiger partial charge in [-0.15, -0.1) is 0 Å². The molecule has 0 atom stereocenters. The first-order valence-corrected chi connectivity index (χ1v) is 4.37. The number of carboxylic acid groups (broad SMARTS) is 1. The topological polar surface area (TPSA) is 66.4 Å². The average Bonchev–Trinajstić information content (AvgIpc) is 2.20. The number of aromatic carboxylic acids is 1. The second kappa shape index (κ2) is 4.54. The first kappa shape index (κ1) is 11.2. The van der Waals surface area contributed by atoms with E-state index in [0.717, 1.165) is 6.07 Å². The lowest BCUT2D eigenvalue weighted by Gasteiger charge is -2.05. The highest BCUT2D eigenvalue weighted by Crippen LogP contribution is 2.15. The number of rotatable bonds is 3. The molecule has 0 aliphatic rings. The third-order valence-corrected chi connectivity index (χ3v) is 1.81. The van der Waals surface area contributed by atoms with E-state index in [1.54, 1.807) is 6.92 Å². The number of benzene rings is 1. The van der Waals surface area contributed by atoms with Crippen molar-refractivity contribution < 1.29 is 19.1 Å². The normalized spacial score (nSPS) is 9.73. The molecule has 0 fully saturated rings. The molecule has 0 unspecified atom stereocenters. The highest BCUT2D eigenvalue weighted by atomic mass is 19.1. The smallest absolute Gasteiger partial charge is 0.335 e. The summed E-state index contributed by atoms with van der Waals surface area (Å²) >= 11 is 0. The van der Waals surface area contributed by atoms with E-state index < -0.39 is 11.8 Å². The number of amides is 1. The second-order valence-electron chi connectivity index (χ2n) is 2.90. The summed E-state index contributed by atoms with van der Waals surface area (Å²) in [7, 11) is 0. The Balaban J connectivity index is 2.93. The van der Waals surface area contributed by atoms with E-state index in [9.17, 15) is 14.0 Å². The van der Waals surface area contributed by atoms with Gasteiger partial charge >= 0.3 is 5.97 Å². The minimum atomic E-state index is -1.21. The fourth-order valence-electron chi connectivity index (χ4n) is 0.988. The highest BCUT2D eigenvalue weighted by molar-refractivity contribution is 5.92. The van der Waals surface area contributed by atoms with E-state index in [-0.39, 0.29) is 23.6 Å². The second-order valence-corrected chi connectivity index (χ2v) is 2.90. The van der Waals surface area contributed by atoms with Gasteiger partial charge in [0.2, 0.25) is 5.91 Å². The largest absolute Gasteiger partial charge is 0.478 e. The zero-order chi connectivity index (χ0) is 11.4. The molecule has 1 aromatic rings. The monoisotopic (exact) mass is 211 g/mol. The van der Waals surface area contributed by atoms with E-state index in [0.29, 0.717) is 0 Å². The molecule has 0 aliphatic carbocycles. The fraction of sp³-hybridized carbons (Fsp3) is 0.200. The predicted molar refractivity (Wildman–Crippen MR) is 52.3 cm³/mol. The molecule has 4 nitrogen and oxygen atoms in total. The van der Waals surface area contributed by atoms with E-state index in [2.05, 4.69) is 5.32 Å². The Kier molecular flexibility index (Phi) is 3.38. The molecule has 0 aliphatic heterocycles. The van der Waals surface area contributed by atoms with Gasteiger partial charge in [-0.1, -0.05) is 6.92 Å². The maximum absolute atomic E-state index is 13.2. The van der Waals surface area contributed by atoms with Crippen molar-refractivity contribution in [3.8, 4) is 0 Å². The molecule has 2 N–H and O–H groups in total. The molecule has 0 heterocycles. The van der Waals surface area contributed by atoms with Gasteiger partial charge in [0.25, 0.3) is 0 Å². The molecule has 1 rings (SSSR count). The van der Waals surface area contributed by atoms with Crippen molar-refractivity contribution in [2.45, 2.75) is 13.3 Å². The van der Waals surface area contributed by atoms with E-state index >= 15 is 0 Å². The molecule has 0 saturated carbocycles. The van der Waals surface area contributed by atoms with Crippen molar-refractivity contribution in [3.63, 3.8) is 0 Å². The van der Waals surface area contributed by atoms with Crippen LogP contribution in [0.15, 0.2) is 18.2 Å². The summed E-state index contributed by atoms with van der Waals surface area (Å²) in [5.74, 6) is -2.28. The van der Waals surface area contributed by atoms with Crippen LogP contribution in [0.2, 0.25) is 0 Å². The van der Waals surface area contributed by atoms with Gasteiger partial charge in [-0.05, 0) is 18.2 Å². The Morgan fingerprint density at radius 2 is 2.13 bits per heavy atom. The molecular formula is C10H10FNO3. The van der Waals surface area contributed by atoms with Gasteiger partial charge in [0.05, 0.1) is 11.3 Å². The Hall–Kier alpha value is -1.91. The number of halogens is 1. The van der Waals surface area contributed by atoms with Crippen LogP contribution in [0.1, 0.15) is 23.7 Å². The first-order valence-electron chi connectivity index (χ1n) is 4.37. The van der Waals surface area contributed by atoms with E-state index in [4.69, 9.17) is 5.11 Å². The first-order chi connectivity index (χ1) is 7.04. The lowest BCUT2D eigenvalue weighted by atomic mass is 10.2. The van der Waals surface area contributed by atoms with Gasteiger partial charge in [0.15, 0.2) is 0 Å². The van der Waals surface area contributed by atoms with Crippen LogP contribution < -0.4 is 5.32 Å². The van der Waals surface area contributed by atoms with Gasteiger partial charge < -0.3 is 10.4 Å². The number of carbonyl (C=O) groups is 2. The Bertz CT molecular complexity index is 404. The summed E-state index contributed by atoms with van der Waals surface area (Å²) in [6, 6.07) is 3.33.